The van der Waals surface area contributed by atoms with Crippen molar-refractivity contribution in [2.24, 2.45) is 11.7 Å². The fraction of sp³-hybridized carbons (Fsp3) is 0.923. The van der Waals surface area contributed by atoms with Gasteiger partial charge in [0.05, 0.1) is 6.10 Å². The van der Waals surface area contributed by atoms with Crippen molar-refractivity contribution in [3.05, 3.63) is 0 Å². The Morgan fingerprint density at radius 3 is 2.88 bits per heavy atom. The summed E-state index contributed by atoms with van der Waals surface area (Å²) in [5, 5.41) is 0. The molecule has 3 unspecified atom stereocenters. The summed E-state index contributed by atoms with van der Waals surface area (Å²) in [6.07, 6.45) is 6.09. The maximum Gasteiger partial charge on any atom is 0.326 e. The quantitative estimate of drug-likeness (QED) is 0.763. The van der Waals surface area contributed by atoms with Gasteiger partial charge in [0.25, 0.3) is 0 Å². The van der Waals surface area contributed by atoms with Crippen LogP contribution in [0.4, 0.5) is 0 Å². The Kier molecular flexibility index (Phi) is 4.05. The molecule has 0 aromatic rings. The molecule has 2 fully saturated rings. The van der Waals surface area contributed by atoms with Crippen molar-refractivity contribution in [3.8, 4) is 0 Å². The van der Waals surface area contributed by atoms with Gasteiger partial charge in [0.15, 0.2) is 0 Å². The molecule has 2 aliphatic rings. The molecular weight excluding hydrogens is 218 g/mol. The van der Waals surface area contributed by atoms with Crippen molar-refractivity contribution in [1.82, 2.24) is 0 Å². The molecule has 4 heteroatoms. The Bertz CT molecular complexity index is 276. The molecule has 0 aromatic heterocycles. The normalized spacial score (nSPS) is 38.0. The molecule has 1 saturated heterocycles. The van der Waals surface area contributed by atoms with Crippen LogP contribution >= 0.6 is 0 Å². The van der Waals surface area contributed by atoms with Crippen LogP contribution in [0.1, 0.15) is 45.4 Å². The van der Waals surface area contributed by atoms with E-state index in [2.05, 4.69) is 0 Å². The average Bonchev–Trinajstić information content (AvgIpc) is 2.83. The molecule has 2 N–H and O–H groups in total. The van der Waals surface area contributed by atoms with Gasteiger partial charge in [-0.15, -0.1) is 0 Å². The molecule has 4 nitrogen and oxygen atoms in total. The van der Waals surface area contributed by atoms with Gasteiger partial charge in [-0.2, -0.15) is 0 Å². The molecule has 0 bridgehead atoms. The molecule has 3 atom stereocenters. The van der Waals surface area contributed by atoms with E-state index >= 15 is 0 Å². The molecule has 0 spiro atoms. The van der Waals surface area contributed by atoms with Gasteiger partial charge >= 0.3 is 5.97 Å². The Balaban J connectivity index is 1.84. The van der Waals surface area contributed by atoms with Crippen molar-refractivity contribution in [3.63, 3.8) is 0 Å². The third-order valence-electron chi connectivity index (χ3n) is 4.16. The number of nitrogens with two attached hydrogens (primary N) is 1. The van der Waals surface area contributed by atoms with Crippen LogP contribution < -0.4 is 5.73 Å². The lowest BCUT2D eigenvalue weighted by Crippen LogP contribution is -2.55. The first kappa shape index (κ1) is 12.8. The Hall–Kier alpha value is -0.610. The van der Waals surface area contributed by atoms with Crippen molar-refractivity contribution in [1.29, 1.82) is 0 Å². The fourth-order valence-electron chi connectivity index (χ4n) is 2.75. The third kappa shape index (κ3) is 2.80. The average molecular weight is 241 g/mol. The van der Waals surface area contributed by atoms with E-state index in [0.29, 0.717) is 6.61 Å². The van der Waals surface area contributed by atoms with E-state index in [0.717, 1.165) is 38.7 Å². The zero-order chi connectivity index (χ0) is 12.3. The topological polar surface area (TPSA) is 61.6 Å². The molecule has 1 aliphatic carbocycles. The highest BCUT2D eigenvalue weighted by molar-refractivity contribution is 5.81. The number of carbonyl (C=O) groups excluding carboxylic acids is 1. The van der Waals surface area contributed by atoms with Crippen LogP contribution in [0.3, 0.4) is 0 Å². The second kappa shape index (κ2) is 5.36. The predicted octanol–water partition coefficient (Wildman–Crippen LogP) is 1.62. The lowest BCUT2D eigenvalue weighted by molar-refractivity contribution is -0.157. The second-order valence-corrected chi connectivity index (χ2v) is 5.42. The van der Waals surface area contributed by atoms with E-state index in [1.165, 1.54) is 6.42 Å². The highest BCUT2D eigenvalue weighted by Gasteiger charge is 2.42. The minimum absolute atomic E-state index is 0.0847. The first-order valence-corrected chi connectivity index (χ1v) is 6.70. The van der Waals surface area contributed by atoms with Crippen LogP contribution in [0.5, 0.6) is 0 Å². The summed E-state index contributed by atoms with van der Waals surface area (Å²) in [4.78, 5) is 12.1. The van der Waals surface area contributed by atoms with Crippen LogP contribution in [0.15, 0.2) is 0 Å². The zero-order valence-corrected chi connectivity index (χ0v) is 10.6. The van der Waals surface area contributed by atoms with Gasteiger partial charge < -0.3 is 15.2 Å². The molecule has 1 heterocycles. The van der Waals surface area contributed by atoms with Crippen molar-refractivity contribution in [2.45, 2.75) is 57.1 Å². The van der Waals surface area contributed by atoms with Crippen molar-refractivity contribution < 1.29 is 14.3 Å². The smallest absolute Gasteiger partial charge is 0.326 e. The molecule has 1 aliphatic heterocycles. The predicted molar refractivity (Wildman–Crippen MR) is 64.5 cm³/mol. The molecule has 2 rings (SSSR count). The summed E-state index contributed by atoms with van der Waals surface area (Å²) in [7, 11) is 0. The molecule has 98 valence electrons. The third-order valence-corrected chi connectivity index (χ3v) is 4.16. The monoisotopic (exact) mass is 241 g/mol. The number of carbonyl (C=O) groups is 1. The SMILES string of the molecule is CC1CCCCC1(N)C(=O)OCC1CCCO1. The number of esters is 1. The summed E-state index contributed by atoms with van der Waals surface area (Å²) in [6.45, 7) is 3.20. The van der Waals surface area contributed by atoms with E-state index in [1.807, 2.05) is 6.92 Å². The number of hydrogen-bond acceptors (Lipinski definition) is 4. The first-order chi connectivity index (χ1) is 8.13. The van der Waals surface area contributed by atoms with Gasteiger partial charge in [-0.3, -0.25) is 4.79 Å². The summed E-state index contributed by atoms with van der Waals surface area (Å²) in [5.41, 5.74) is 5.45. The lowest BCUT2D eigenvalue weighted by Gasteiger charge is -2.37. The van der Waals surface area contributed by atoms with E-state index < -0.39 is 5.54 Å². The van der Waals surface area contributed by atoms with Crippen molar-refractivity contribution >= 4 is 5.97 Å². The summed E-state index contributed by atoms with van der Waals surface area (Å²) < 4.78 is 10.8. The highest BCUT2D eigenvalue weighted by atomic mass is 16.6. The molecule has 0 radical (unpaired) electrons. The Morgan fingerprint density at radius 2 is 2.24 bits per heavy atom. The number of ether oxygens (including phenoxy) is 2. The van der Waals surface area contributed by atoms with Gasteiger partial charge in [0.2, 0.25) is 0 Å². The molecular formula is C13H23NO3. The van der Waals surface area contributed by atoms with Gasteiger partial charge in [0, 0.05) is 6.61 Å². The minimum Gasteiger partial charge on any atom is -0.462 e. The Morgan fingerprint density at radius 1 is 1.41 bits per heavy atom. The van der Waals surface area contributed by atoms with Crippen molar-refractivity contribution in [2.75, 3.05) is 13.2 Å². The summed E-state index contributed by atoms with van der Waals surface area (Å²) in [5.74, 6) is -0.0200. The van der Waals surface area contributed by atoms with E-state index in [4.69, 9.17) is 15.2 Å². The first-order valence-electron chi connectivity index (χ1n) is 6.70. The van der Waals surface area contributed by atoms with Crippen LogP contribution in [0, 0.1) is 5.92 Å². The molecule has 0 amide bonds. The van der Waals surface area contributed by atoms with E-state index in [-0.39, 0.29) is 18.0 Å². The van der Waals surface area contributed by atoms with Crippen LogP contribution in [-0.2, 0) is 14.3 Å². The van der Waals surface area contributed by atoms with Crippen LogP contribution in [-0.4, -0.2) is 30.8 Å². The minimum atomic E-state index is -0.767. The van der Waals surface area contributed by atoms with Gasteiger partial charge in [0.1, 0.15) is 12.1 Å². The summed E-state index contributed by atoms with van der Waals surface area (Å²) >= 11 is 0. The van der Waals surface area contributed by atoms with E-state index in [9.17, 15) is 4.79 Å². The largest absolute Gasteiger partial charge is 0.462 e. The Labute approximate surface area is 103 Å². The maximum absolute atomic E-state index is 12.1. The number of rotatable bonds is 3. The summed E-state index contributed by atoms with van der Waals surface area (Å²) in [6, 6.07) is 0. The van der Waals surface area contributed by atoms with Gasteiger partial charge in [-0.05, 0) is 31.6 Å². The zero-order valence-electron chi connectivity index (χ0n) is 10.6. The molecule has 17 heavy (non-hydrogen) atoms. The lowest BCUT2D eigenvalue weighted by atomic mass is 9.74. The maximum atomic E-state index is 12.1. The van der Waals surface area contributed by atoms with Gasteiger partial charge in [-0.25, -0.2) is 0 Å². The fourth-order valence-corrected chi connectivity index (χ4v) is 2.75. The van der Waals surface area contributed by atoms with Crippen LogP contribution in [0.25, 0.3) is 0 Å². The van der Waals surface area contributed by atoms with Crippen LogP contribution in [0.2, 0.25) is 0 Å². The highest BCUT2D eigenvalue weighted by Crippen LogP contribution is 2.32. The number of hydrogen-bond donors (Lipinski definition) is 1. The van der Waals surface area contributed by atoms with E-state index in [1.54, 1.807) is 0 Å². The molecule has 0 aromatic carbocycles. The second-order valence-electron chi connectivity index (χ2n) is 5.42. The molecule has 1 saturated carbocycles. The van der Waals surface area contributed by atoms with Gasteiger partial charge in [-0.1, -0.05) is 19.8 Å². The standard InChI is InChI=1S/C13H23NO3/c1-10-5-2-3-7-13(10,14)12(15)17-9-11-6-4-8-16-11/h10-11H,2-9,14H2,1H3.